The molecule has 0 radical (unpaired) electrons. The summed E-state index contributed by atoms with van der Waals surface area (Å²) >= 11 is 0. The third-order valence-corrected chi connectivity index (χ3v) is 5.46. The molecule has 0 heterocycles. The molecule has 3 aromatic rings. The van der Waals surface area contributed by atoms with E-state index in [4.69, 9.17) is 0 Å². The largest absolute Gasteiger partial charge is 1.00 e. The van der Waals surface area contributed by atoms with Crippen LogP contribution < -0.4 is 113 Å². The van der Waals surface area contributed by atoms with Gasteiger partial charge in [0.1, 0.15) is 0 Å². The minimum Gasteiger partial charge on any atom is -0.872 e. The van der Waals surface area contributed by atoms with E-state index >= 15 is 0 Å². The van der Waals surface area contributed by atoms with Gasteiger partial charge in [0.25, 0.3) is 0 Å². The third-order valence-electron chi connectivity index (χ3n) is 5.46. The summed E-state index contributed by atoms with van der Waals surface area (Å²) in [4.78, 5) is 0. The van der Waals surface area contributed by atoms with Crippen LogP contribution in [0.4, 0.5) is 0 Å². The minimum atomic E-state index is -0.210. The van der Waals surface area contributed by atoms with Gasteiger partial charge in [0.15, 0.2) is 0 Å². The summed E-state index contributed by atoms with van der Waals surface area (Å²) in [6, 6.07) is 22.7. The Morgan fingerprint density at radius 1 is 0.500 bits per heavy atom. The van der Waals surface area contributed by atoms with E-state index in [0.29, 0.717) is 0 Å². The molecule has 0 N–H and O–H groups in total. The molecule has 28 heavy (non-hydrogen) atoms. The average Bonchev–Trinajstić information content (AvgIpc) is 2.62. The first kappa shape index (κ1) is 26.6. The molecule has 0 aromatic heterocycles. The van der Waals surface area contributed by atoms with Crippen molar-refractivity contribution in [1.82, 2.24) is 0 Å². The first-order chi connectivity index (χ1) is 12.2. The summed E-state index contributed by atoms with van der Waals surface area (Å²) < 4.78 is 0. The molecule has 2 nitrogen and oxygen atoms in total. The third kappa shape index (κ3) is 5.82. The molecule has 0 unspecified atom stereocenters. The van der Waals surface area contributed by atoms with Crippen LogP contribution in [0, 0.1) is 0 Å². The molecule has 0 spiro atoms. The second-order valence-electron chi connectivity index (χ2n) is 7.88. The van der Waals surface area contributed by atoms with Gasteiger partial charge in [-0.3, -0.25) is 0 Å². The Hall–Kier alpha value is 0.533. The van der Waals surface area contributed by atoms with E-state index in [1.165, 1.54) is 11.1 Å². The minimum absolute atomic E-state index is 0. The molecule has 0 fully saturated rings. The van der Waals surface area contributed by atoms with Crippen LogP contribution in [0.1, 0.15) is 49.9 Å². The van der Waals surface area contributed by atoms with Crippen LogP contribution >= 0.6 is 0 Å². The van der Waals surface area contributed by atoms with Crippen LogP contribution in [0.2, 0.25) is 0 Å². The Bertz CT molecular complexity index is 826. The summed E-state index contributed by atoms with van der Waals surface area (Å²) in [5, 5.41) is 22.9. The zero-order valence-corrected chi connectivity index (χ0v) is 24.0. The van der Waals surface area contributed by atoms with E-state index < -0.39 is 0 Å². The van der Waals surface area contributed by atoms with Gasteiger partial charge in [-0.15, -0.1) is 11.5 Å². The van der Waals surface area contributed by atoms with Gasteiger partial charge >= 0.3 is 103 Å². The van der Waals surface area contributed by atoms with Crippen LogP contribution in [-0.2, 0) is 10.8 Å². The quantitative estimate of drug-likeness (QED) is 0.480. The topological polar surface area (TPSA) is 46.1 Å². The fourth-order valence-corrected chi connectivity index (χ4v) is 3.37. The van der Waals surface area contributed by atoms with E-state index in [0.717, 1.165) is 11.1 Å². The predicted molar refractivity (Wildman–Crippen MR) is 102 cm³/mol. The number of hydrogen-bond acceptors (Lipinski definition) is 2. The molecule has 4 heteroatoms. The first-order valence-electron chi connectivity index (χ1n) is 8.87. The summed E-state index contributed by atoms with van der Waals surface area (Å²) in [6.07, 6.45) is 0. The van der Waals surface area contributed by atoms with Crippen LogP contribution in [0.3, 0.4) is 0 Å². The smallest absolute Gasteiger partial charge is 0.872 e. The zero-order valence-electron chi connectivity index (χ0n) is 17.7. The maximum atomic E-state index is 11.4. The summed E-state index contributed by atoms with van der Waals surface area (Å²) in [5.74, 6) is 0.0579. The molecule has 0 bridgehead atoms. The van der Waals surface area contributed by atoms with Crippen molar-refractivity contribution in [2.24, 2.45) is 0 Å². The molecule has 0 saturated carbocycles. The second-order valence-corrected chi connectivity index (χ2v) is 7.88. The van der Waals surface area contributed by atoms with Crippen molar-refractivity contribution in [3.05, 3.63) is 95.1 Å². The maximum absolute atomic E-state index is 11.4. The van der Waals surface area contributed by atoms with Crippen molar-refractivity contribution in [3.8, 4) is 11.5 Å². The zero-order chi connectivity index (χ0) is 18.9. The number of benzene rings is 3. The Morgan fingerprint density at radius 2 is 0.821 bits per heavy atom. The molecule has 0 aliphatic heterocycles. The van der Waals surface area contributed by atoms with Crippen LogP contribution in [0.5, 0.6) is 11.5 Å². The molecular weight excluding hydrogens is 398 g/mol. The van der Waals surface area contributed by atoms with Gasteiger partial charge in [-0.2, -0.15) is 0 Å². The summed E-state index contributed by atoms with van der Waals surface area (Å²) in [7, 11) is 0. The van der Waals surface area contributed by atoms with Crippen molar-refractivity contribution in [1.29, 1.82) is 0 Å². The van der Waals surface area contributed by atoms with E-state index in [1.807, 2.05) is 24.3 Å². The second kappa shape index (κ2) is 10.7. The number of rotatable bonds is 4. The fourth-order valence-electron chi connectivity index (χ4n) is 3.37. The van der Waals surface area contributed by atoms with Gasteiger partial charge in [-0.05, 0) is 22.3 Å². The predicted octanol–water partition coefficient (Wildman–Crippen LogP) is -1.51. The van der Waals surface area contributed by atoms with E-state index in [2.05, 4.69) is 52.0 Å². The normalized spacial score (nSPS) is 11.3. The molecule has 0 atom stereocenters. The Balaban J connectivity index is 0.00000196. The fraction of sp³-hybridized carbons (Fsp3) is 0.250. The van der Waals surface area contributed by atoms with E-state index in [9.17, 15) is 10.2 Å². The monoisotopic (exact) mass is 422 g/mol. The van der Waals surface area contributed by atoms with E-state index in [1.54, 1.807) is 24.3 Å². The van der Waals surface area contributed by atoms with Crippen molar-refractivity contribution in [3.63, 3.8) is 0 Å². The molecule has 134 valence electrons. The maximum Gasteiger partial charge on any atom is 1.00 e. The van der Waals surface area contributed by atoms with Gasteiger partial charge < -0.3 is 10.2 Å². The molecule has 0 aliphatic rings. The summed E-state index contributed by atoms with van der Waals surface area (Å²) in [5.41, 5.74) is 4.20. The SMILES string of the molecule is CC(C)(c1ccc([O-])cc1)c1cccc(C(C)(C)c2ccc([O-])cc2)c1.[K+].[K+]. The molecule has 3 aromatic carbocycles. The Labute approximate surface area is 253 Å². The molecular formula is C24H24K2O2. The average molecular weight is 423 g/mol. The molecule has 0 saturated heterocycles. The van der Waals surface area contributed by atoms with Gasteiger partial charge in [0, 0.05) is 10.8 Å². The van der Waals surface area contributed by atoms with Crippen LogP contribution in [-0.4, -0.2) is 0 Å². The van der Waals surface area contributed by atoms with Gasteiger partial charge in [0.2, 0.25) is 0 Å². The van der Waals surface area contributed by atoms with Crippen molar-refractivity contribution < 1.29 is 113 Å². The molecule has 0 aliphatic carbocycles. The van der Waals surface area contributed by atoms with Crippen LogP contribution in [0.25, 0.3) is 0 Å². The molecule has 3 rings (SSSR count). The van der Waals surface area contributed by atoms with E-state index in [-0.39, 0.29) is 125 Å². The van der Waals surface area contributed by atoms with Crippen molar-refractivity contribution in [2.75, 3.05) is 0 Å². The van der Waals surface area contributed by atoms with Gasteiger partial charge in [-0.25, -0.2) is 0 Å². The van der Waals surface area contributed by atoms with Crippen molar-refractivity contribution in [2.45, 2.75) is 38.5 Å². The molecule has 0 amide bonds. The Kier molecular flexibility index (Phi) is 10.2. The number of hydrogen-bond donors (Lipinski definition) is 0. The Morgan fingerprint density at radius 3 is 1.14 bits per heavy atom. The van der Waals surface area contributed by atoms with Crippen LogP contribution in [0.15, 0.2) is 72.8 Å². The first-order valence-corrected chi connectivity index (χ1v) is 8.87. The standard InChI is InChI=1S/C24H26O2.2K/c1-23(2,17-8-12-21(25)13-9-17)19-6-5-7-20(16-19)24(3,4)18-10-14-22(26)15-11-18;;/h5-16,25-26H,1-4H3;;/q;2*+1/p-2. The summed E-state index contributed by atoms with van der Waals surface area (Å²) in [6.45, 7) is 8.69. The van der Waals surface area contributed by atoms with Crippen molar-refractivity contribution >= 4 is 0 Å². The van der Waals surface area contributed by atoms with Gasteiger partial charge in [0.05, 0.1) is 0 Å². The van der Waals surface area contributed by atoms with Gasteiger partial charge in [-0.1, -0.05) is 100 Å².